The van der Waals surface area contributed by atoms with E-state index in [1.165, 1.54) is 24.1 Å². The number of rotatable bonds is 4. The first-order valence-corrected chi connectivity index (χ1v) is 9.25. The smallest absolute Gasteiger partial charge is 0.271 e. The molecule has 4 rings (SSSR count). The lowest BCUT2D eigenvalue weighted by molar-refractivity contribution is -0.553. The summed E-state index contributed by atoms with van der Waals surface area (Å²) in [4.78, 5) is 32.2. The van der Waals surface area contributed by atoms with E-state index in [0.717, 1.165) is 10.5 Å². The third-order valence-corrected chi connectivity index (χ3v) is 5.07. The van der Waals surface area contributed by atoms with Crippen molar-refractivity contribution in [2.75, 3.05) is 14.1 Å². The summed E-state index contributed by atoms with van der Waals surface area (Å²) in [5.74, 6) is 0.132. The van der Waals surface area contributed by atoms with Gasteiger partial charge in [0.25, 0.3) is 5.91 Å². The predicted octanol–water partition coefficient (Wildman–Crippen LogP) is 1.79. The second-order valence-electron chi connectivity index (χ2n) is 7.03. The fourth-order valence-electron chi connectivity index (χ4n) is 3.51. The maximum atomic E-state index is 13.7. The molecule has 0 aliphatic carbocycles. The number of benzene rings is 2. The Bertz CT molecular complexity index is 1030. The number of imide groups is 1. The van der Waals surface area contributed by atoms with Crippen LogP contribution < -0.4 is 5.32 Å². The molecule has 0 aromatic heterocycles. The summed E-state index contributed by atoms with van der Waals surface area (Å²) in [7, 11) is 3.05. The number of halogens is 1. The molecular weight excluding hydrogens is 373 g/mol. The molecule has 2 aromatic rings. The monoisotopic (exact) mass is 394 g/mol. The summed E-state index contributed by atoms with van der Waals surface area (Å²) >= 11 is 0. The standard InChI is InChI=1S/C21H20FN5O2/c1-25-18-17(19(28)26(2)21(25)29)27(13-15-9-6-10-16(22)11-15)20(24-18)23-12-14-7-4-3-5-8-14/h3-11,17H,12-13H2,1-2H3/p+1. The van der Waals surface area contributed by atoms with Crippen molar-refractivity contribution in [3.63, 3.8) is 0 Å². The Hall–Kier alpha value is -3.55. The summed E-state index contributed by atoms with van der Waals surface area (Å²) < 4.78 is 15.5. The average Bonchev–Trinajstić information content (AvgIpc) is 3.08. The molecule has 1 atom stereocenters. The molecule has 1 saturated heterocycles. The molecular formula is C21H21FN5O2+. The van der Waals surface area contributed by atoms with Crippen molar-refractivity contribution in [1.29, 1.82) is 0 Å². The van der Waals surface area contributed by atoms with Crippen molar-refractivity contribution in [2.45, 2.75) is 19.1 Å². The molecule has 0 spiro atoms. The molecule has 0 radical (unpaired) electrons. The Labute approximate surface area is 167 Å². The Kier molecular flexibility index (Phi) is 4.84. The normalized spacial score (nSPS) is 18.9. The number of carbonyl (C=O) groups is 2. The van der Waals surface area contributed by atoms with Gasteiger partial charge in [-0.1, -0.05) is 47.5 Å². The number of likely N-dealkylation sites (N-methyl/N-ethyl adjacent to an activating group) is 2. The zero-order chi connectivity index (χ0) is 20.5. The van der Waals surface area contributed by atoms with Crippen LogP contribution in [0.4, 0.5) is 9.18 Å². The molecule has 0 bridgehead atoms. The fourth-order valence-corrected chi connectivity index (χ4v) is 3.51. The van der Waals surface area contributed by atoms with Gasteiger partial charge in [-0.3, -0.25) is 19.9 Å². The van der Waals surface area contributed by atoms with Gasteiger partial charge in [-0.25, -0.2) is 13.8 Å². The summed E-state index contributed by atoms with van der Waals surface area (Å²) in [6.07, 6.45) is 0. The number of aliphatic imine (C=N–C) groups is 1. The van der Waals surface area contributed by atoms with E-state index in [2.05, 4.69) is 10.3 Å². The van der Waals surface area contributed by atoms with Crippen LogP contribution in [0.3, 0.4) is 0 Å². The molecule has 7 nitrogen and oxygen atoms in total. The largest absolute Gasteiger partial charge is 0.390 e. The van der Waals surface area contributed by atoms with Gasteiger partial charge >= 0.3 is 12.0 Å². The molecule has 148 valence electrons. The van der Waals surface area contributed by atoms with Gasteiger partial charge in [-0.2, -0.15) is 0 Å². The van der Waals surface area contributed by atoms with Crippen molar-refractivity contribution in [3.8, 4) is 0 Å². The Morgan fingerprint density at radius 3 is 2.48 bits per heavy atom. The summed E-state index contributed by atoms with van der Waals surface area (Å²) in [6, 6.07) is 14.8. The molecule has 29 heavy (non-hydrogen) atoms. The summed E-state index contributed by atoms with van der Waals surface area (Å²) in [5.41, 5.74) is 1.75. The predicted molar refractivity (Wildman–Crippen MR) is 106 cm³/mol. The number of urea groups is 1. The van der Waals surface area contributed by atoms with Gasteiger partial charge in [0.05, 0.1) is 13.1 Å². The highest BCUT2D eigenvalue weighted by molar-refractivity contribution is 6.22. The van der Waals surface area contributed by atoms with Gasteiger partial charge in [0.15, 0.2) is 0 Å². The maximum Gasteiger partial charge on any atom is 0.390 e. The molecule has 2 aromatic carbocycles. The molecule has 1 N–H and O–H groups in total. The second-order valence-corrected chi connectivity index (χ2v) is 7.03. The SMILES string of the molecule is CN1C(=O)C2C(=NC(NCc3ccccc3)=[N+]2Cc2cccc(F)c2)N(C)C1=O. The fraction of sp³-hybridized carbons (Fsp3) is 0.238. The minimum Gasteiger partial charge on any atom is -0.271 e. The number of amidine groups is 1. The Morgan fingerprint density at radius 2 is 1.76 bits per heavy atom. The van der Waals surface area contributed by atoms with Crippen molar-refractivity contribution < 1.29 is 18.6 Å². The molecule has 8 heteroatoms. The van der Waals surface area contributed by atoms with Gasteiger partial charge < -0.3 is 0 Å². The molecule has 1 unspecified atom stereocenters. The van der Waals surface area contributed by atoms with E-state index in [4.69, 9.17) is 0 Å². The number of nitrogens with one attached hydrogen (secondary N) is 1. The highest BCUT2D eigenvalue weighted by Gasteiger charge is 2.51. The van der Waals surface area contributed by atoms with Gasteiger partial charge in [-0.15, -0.1) is 0 Å². The van der Waals surface area contributed by atoms with Crippen LogP contribution in [0, 0.1) is 5.82 Å². The van der Waals surface area contributed by atoms with E-state index in [-0.39, 0.29) is 18.3 Å². The van der Waals surface area contributed by atoms with Crippen LogP contribution >= 0.6 is 0 Å². The molecule has 1 fully saturated rings. The first kappa shape index (κ1) is 18.8. The van der Waals surface area contributed by atoms with Crippen LogP contribution in [-0.2, 0) is 17.9 Å². The number of amides is 3. The molecule has 2 aliphatic heterocycles. The van der Waals surface area contributed by atoms with E-state index in [0.29, 0.717) is 23.9 Å². The number of carbonyl (C=O) groups excluding carboxylic acids is 2. The van der Waals surface area contributed by atoms with Crippen LogP contribution in [0.15, 0.2) is 59.6 Å². The summed E-state index contributed by atoms with van der Waals surface area (Å²) in [6.45, 7) is 0.773. The third kappa shape index (κ3) is 3.49. The van der Waals surface area contributed by atoms with E-state index < -0.39 is 12.1 Å². The van der Waals surface area contributed by atoms with Crippen LogP contribution in [0.1, 0.15) is 11.1 Å². The van der Waals surface area contributed by atoms with Crippen LogP contribution in [0.2, 0.25) is 0 Å². The van der Waals surface area contributed by atoms with Crippen molar-refractivity contribution in [2.24, 2.45) is 4.99 Å². The Balaban J connectivity index is 1.70. The lowest BCUT2D eigenvalue weighted by Crippen LogP contribution is -2.61. The van der Waals surface area contributed by atoms with Crippen molar-refractivity contribution >= 4 is 23.7 Å². The highest BCUT2D eigenvalue weighted by Crippen LogP contribution is 2.20. The van der Waals surface area contributed by atoms with Crippen LogP contribution in [0.5, 0.6) is 0 Å². The number of fused-ring (bicyclic) bond motifs is 1. The lowest BCUT2D eigenvalue weighted by atomic mass is 10.1. The zero-order valence-corrected chi connectivity index (χ0v) is 16.2. The molecule has 3 amide bonds. The first-order valence-electron chi connectivity index (χ1n) is 9.25. The lowest BCUT2D eigenvalue weighted by Gasteiger charge is -2.31. The van der Waals surface area contributed by atoms with Crippen molar-refractivity contribution in [3.05, 3.63) is 71.5 Å². The number of hydrogen-bond donors (Lipinski definition) is 1. The molecule has 2 aliphatic rings. The maximum absolute atomic E-state index is 13.7. The van der Waals surface area contributed by atoms with E-state index in [9.17, 15) is 14.0 Å². The van der Waals surface area contributed by atoms with Crippen molar-refractivity contribution in [1.82, 2.24) is 15.1 Å². The first-order chi connectivity index (χ1) is 14.0. The van der Waals surface area contributed by atoms with Gasteiger partial charge in [-0.05, 0) is 23.3 Å². The molecule has 2 heterocycles. The Morgan fingerprint density at radius 1 is 1.03 bits per heavy atom. The topological polar surface area (TPSA) is 68.0 Å². The van der Waals surface area contributed by atoms with Crippen LogP contribution in [-0.4, -0.2) is 58.2 Å². The van der Waals surface area contributed by atoms with E-state index in [1.54, 1.807) is 23.8 Å². The minimum atomic E-state index is -0.746. The highest BCUT2D eigenvalue weighted by atomic mass is 19.1. The van der Waals surface area contributed by atoms with Crippen LogP contribution in [0.25, 0.3) is 0 Å². The minimum absolute atomic E-state index is 0.272. The number of hydrogen-bond acceptors (Lipinski definition) is 4. The second kappa shape index (κ2) is 7.46. The van der Waals surface area contributed by atoms with E-state index in [1.807, 2.05) is 30.3 Å². The quantitative estimate of drug-likeness (QED) is 0.804. The van der Waals surface area contributed by atoms with E-state index >= 15 is 0 Å². The van der Waals surface area contributed by atoms with Gasteiger partial charge in [0.2, 0.25) is 11.9 Å². The number of nitrogens with zero attached hydrogens (tertiary/aromatic N) is 4. The molecule has 0 saturated carbocycles. The number of guanidine groups is 1. The zero-order valence-electron chi connectivity index (χ0n) is 16.2. The summed E-state index contributed by atoms with van der Waals surface area (Å²) in [5, 5.41) is 3.26. The van der Waals surface area contributed by atoms with Gasteiger partial charge in [0, 0.05) is 14.1 Å². The van der Waals surface area contributed by atoms with Gasteiger partial charge in [0.1, 0.15) is 5.82 Å². The third-order valence-electron chi connectivity index (χ3n) is 5.07. The average molecular weight is 394 g/mol.